The van der Waals surface area contributed by atoms with E-state index in [2.05, 4.69) is 11.7 Å². The van der Waals surface area contributed by atoms with Gasteiger partial charge in [-0.05, 0) is 110 Å². The van der Waals surface area contributed by atoms with Gasteiger partial charge in [0.25, 0.3) is 0 Å². The highest BCUT2D eigenvalue weighted by Gasteiger charge is 2.45. The first-order valence-electron chi connectivity index (χ1n) is 13.3. The molecule has 2 saturated carbocycles. The fraction of sp³-hybridized carbons (Fsp3) is 0.586. The van der Waals surface area contributed by atoms with Crippen LogP contribution in [0.4, 0.5) is 35.1 Å². The maximum atomic E-state index is 15.1. The van der Waals surface area contributed by atoms with Crippen LogP contribution in [0.1, 0.15) is 106 Å². The highest BCUT2D eigenvalue weighted by atomic mass is 19.3. The lowest BCUT2D eigenvalue weighted by Gasteiger charge is -2.31. The van der Waals surface area contributed by atoms with Gasteiger partial charge in [-0.2, -0.15) is 17.6 Å². The second-order valence-corrected chi connectivity index (χ2v) is 10.7. The summed E-state index contributed by atoms with van der Waals surface area (Å²) in [5.41, 5.74) is 0.876. The molecule has 0 heterocycles. The number of benzene rings is 2. The minimum absolute atomic E-state index is 0.0298. The molecule has 0 bridgehead atoms. The molecule has 0 aliphatic heterocycles. The second-order valence-electron chi connectivity index (χ2n) is 10.7. The molecule has 210 valence electrons. The first-order valence-corrected chi connectivity index (χ1v) is 13.3. The molecule has 2 fully saturated rings. The molecule has 0 radical (unpaired) electrons. The van der Waals surface area contributed by atoms with Gasteiger partial charge in [-0.25, -0.2) is 17.6 Å². The SMILES string of the molecule is CCCC1CCC(c2cc(F)c(C3CCC(c4cc(F)c(OC(F)(F)C(F)F)c(F)c4)CC3)c(F)c2)CC1. The van der Waals surface area contributed by atoms with Gasteiger partial charge < -0.3 is 4.74 Å². The van der Waals surface area contributed by atoms with Crippen molar-refractivity contribution in [1.82, 2.24) is 0 Å². The highest BCUT2D eigenvalue weighted by molar-refractivity contribution is 5.35. The van der Waals surface area contributed by atoms with Crippen LogP contribution in [0.3, 0.4) is 0 Å². The Kier molecular flexibility index (Phi) is 8.92. The topological polar surface area (TPSA) is 9.23 Å². The van der Waals surface area contributed by atoms with Gasteiger partial charge in [-0.1, -0.05) is 19.8 Å². The van der Waals surface area contributed by atoms with Gasteiger partial charge in [-0.3, -0.25) is 0 Å². The van der Waals surface area contributed by atoms with Crippen molar-refractivity contribution in [1.29, 1.82) is 0 Å². The zero-order chi connectivity index (χ0) is 27.6. The largest absolute Gasteiger partial charge is 0.461 e. The third kappa shape index (κ3) is 6.28. The predicted octanol–water partition coefficient (Wildman–Crippen LogP) is 9.99. The molecular weight excluding hydrogens is 516 g/mol. The summed E-state index contributed by atoms with van der Waals surface area (Å²) in [7, 11) is 0. The fourth-order valence-corrected chi connectivity index (χ4v) is 6.23. The molecule has 0 aromatic heterocycles. The smallest absolute Gasteiger partial charge is 0.422 e. The van der Waals surface area contributed by atoms with E-state index in [1.165, 1.54) is 18.6 Å². The summed E-state index contributed by atoms with van der Waals surface area (Å²) in [6.07, 6.45) is -1.55. The maximum absolute atomic E-state index is 15.1. The first kappa shape index (κ1) is 28.7. The van der Waals surface area contributed by atoms with Gasteiger partial charge >= 0.3 is 12.5 Å². The zero-order valence-electron chi connectivity index (χ0n) is 21.2. The van der Waals surface area contributed by atoms with Crippen LogP contribution in [0.2, 0.25) is 0 Å². The van der Waals surface area contributed by atoms with Crippen molar-refractivity contribution in [2.24, 2.45) is 5.92 Å². The summed E-state index contributed by atoms with van der Waals surface area (Å²) in [4.78, 5) is 0. The Morgan fingerprint density at radius 2 is 1.13 bits per heavy atom. The van der Waals surface area contributed by atoms with Gasteiger partial charge in [-0.15, -0.1) is 0 Å². The number of hydrogen-bond acceptors (Lipinski definition) is 1. The van der Waals surface area contributed by atoms with Crippen LogP contribution in [0.25, 0.3) is 0 Å². The minimum atomic E-state index is -5.04. The molecule has 2 aliphatic rings. The molecule has 1 nitrogen and oxygen atoms in total. The Bertz CT molecular complexity index is 1060. The van der Waals surface area contributed by atoms with Crippen LogP contribution < -0.4 is 4.74 Å². The molecule has 0 unspecified atom stereocenters. The first-order chi connectivity index (χ1) is 18.0. The molecule has 2 aliphatic carbocycles. The van der Waals surface area contributed by atoms with Crippen molar-refractivity contribution in [2.45, 2.75) is 101 Å². The van der Waals surface area contributed by atoms with E-state index >= 15 is 8.78 Å². The van der Waals surface area contributed by atoms with Crippen LogP contribution in [-0.2, 0) is 0 Å². The van der Waals surface area contributed by atoms with Crippen LogP contribution >= 0.6 is 0 Å². The molecule has 9 heteroatoms. The van der Waals surface area contributed by atoms with Gasteiger partial charge in [0.2, 0.25) is 0 Å². The molecule has 4 rings (SSSR count). The average molecular weight is 549 g/mol. The van der Waals surface area contributed by atoms with Gasteiger partial charge in [0.1, 0.15) is 11.6 Å². The van der Waals surface area contributed by atoms with Gasteiger partial charge in [0.15, 0.2) is 17.4 Å². The summed E-state index contributed by atoms with van der Waals surface area (Å²) in [5.74, 6) is -5.70. The van der Waals surface area contributed by atoms with E-state index in [0.717, 1.165) is 44.2 Å². The number of halogens is 8. The van der Waals surface area contributed by atoms with Crippen molar-refractivity contribution in [3.63, 3.8) is 0 Å². The predicted molar refractivity (Wildman–Crippen MR) is 128 cm³/mol. The summed E-state index contributed by atoms with van der Waals surface area (Å²) in [6.45, 7) is 2.16. The molecule has 0 atom stereocenters. The Labute approximate surface area is 217 Å². The van der Waals surface area contributed by atoms with E-state index in [1.807, 2.05) is 0 Å². The summed E-state index contributed by atoms with van der Waals surface area (Å²) < 4.78 is 113. The normalized spacial score (nSPS) is 24.6. The lowest BCUT2D eigenvalue weighted by atomic mass is 9.74. The Morgan fingerprint density at radius 3 is 1.58 bits per heavy atom. The second kappa shape index (κ2) is 11.8. The molecule has 0 N–H and O–H groups in total. The van der Waals surface area contributed by atoms with Crippen LogP contribution in [0.15, 0.2) is 24.3 Å². The molecular formula is C29H32F8O. The highest BCUT2D eigenvalue weighted by Crippen LogP contribution is 2.45. The van der Waals surface area contributed by atoms with Crippen molar-refractivity contribution in [2.75, 3.05) is 0 Å². The number of hydrogen-bond donors (Lipinski definition) is 0. The van der Waals surface area contributed by atoms with E-state index in [-0.39, 0.29) is 23.0 Å². The third-order valence-electron chi connectivity index (χ3n) is 8.24. The third-order valence-corrected chi connectivity index (χ3v) is 8.24. The number of rotatable bonds is 8. The minimum Gasteiger partial charge on any atom is -0.422 e. The maximum Gasteiger partial charge on any atom is 0.461 e. The summed E-state index contributed by atoms with van der Waals surface area (Å²) >= 11 is 0. The van der Waals surface area contributed by atoms with E-state index in [9.17, 15) is 26.3 Å². The monoisotopic (exact) mass is 548 g/mol. The van der Waals surface area contributed by atoms with E-state index < -0.39 is 47.5 Å². The van der Waals surface area contributed by atoms with E-state index in [4.69, 9.17) is 0 Å². The van der Waals surface area contributed by atoms with Crippen LogP contribution in [0, 0.1) is 29.2 Å². The molecule has 2 aromatic rings. The average Bonchev–Trinajstić information content (AvgIpc) is 2.86. The fourth-order valence-electron chi connectivity index (χ4n) is 6.23. The van der Waals surface area contributed by atoms with Crippen molar-refractivity contribution < 1.29 is 39.9 Å². The standard InChI is InChI=1S/C29H32F8O/c1-2-3-16-4-6-17(7-5-16)20-12-22(30)26(23(31)13-20)19-10-8-18(9-11-19)21-14-24(32)27(25(33)15-21)38-29(36,37)28(34)35/h12-19,28H,2-11H2,1H3. The molecule has 38 heavy (non-hydrogen) atoms. The molecule has 2 aromatic carbocycles. The van der Waals surface area contributed by atoms with E-state index in [0.29, 0.717) is 37.2 Å². The van der Waals surface area contributed by atoms with Gasteiger partial charge in [0.05, 0.1) is 0 Å². The number of ether oxygens (including phenoxy) is 1. The van der Waals surface area contributed by atoms with E-state index in [1.54, 1.807) is 0 Å². The Hall–Kier alpha value is -2.32. The molecule has 0 saturated heterocycles. The quantitative estimate of drug-likeness (QED) is 0.298. The molecule has 0 spiro atoms. The summed E-state index contributed by atoms with van der Waals surface area (Å²) in [6, 6.07) is 4.48. The van der Waals surface area contributed by atoms with Crippen molar-refractivity contribution in [3.8, 4) is 5.75 Å². The lowest BCUT2D eigenvalue weighted by Crippen LogP contribution is -2.34. The molecule has 0 amide bonds. The Morgan fingerprint density at radius 1 is 0.711 bits per heavy atom. The van der Waals surface area contributed by atoms with Crippen molar-refractivity contribution >= 4 is 0 Å². The Balaban J connectivity index is 1.41. The lowest BCUT2D eigenvalue weighted by molar-refractivity contribution is -0.255. The zero-order valence-corrected chi connectivity index (χ0v) is 21.2. The summed E-state index contributed by atoms with van der Waals surface area (Å²) in [5, 5.41) is 0. The number of alkyl halides is 4. The van der Waals surface area contributed by atoms with Gasteiger partial charge in [0, 0.05) is 5.56 Å². The van der Waals surface area contributed by atoms with Crippen LogP contribution in [0.5, 0.6) is 5.75 Å². The van der Waals surface area contributed by atoms with Crippen LogP contribution in [-0.4, -0.2) is 12.5 Å². The van der Waals surface area contributed by atoms with Crippen molar-refractivity contribution in [3.05, 3.63) is 64.2 Å².